The summed E-state index contributed by atoms with van der Waals surface area (Å²) in [7, 11) is 1.40. The number of hydrogen-bond donors (Lipinski definition) is 3. The Morgan fingerprint density at radius 3 is 2.38 bits per heavy atom. The van der Waals surface area contributed by atoms with Crippen molar-refractivity contribution in [2.24, 2.45) is 5.10 Å². The van der Waals surface area contributed by atoms with Crippen molar-refractivity contribution in [2.75, 3.05) is 24.4 Å². The number of hydrazone groups is 1. The molecule has 0 aliphatic heterocycles. The first-order valence-corrected chi connectivity index (χ1v) is 11.8. The molecule has 3 amide bonds. The Bertz CT molecular complexity index is 1360. The highest BCUT2D eigenvalue weighted by Crippen LogP contribution is 2.36. The van der Waals surface area contributed by atoms with Crippen molar-refractivity contribution in [3.8, 4) is 11.5 Å². The Balaban J connectivity index is 1.58. The molecule has 3 N–H and O–H groups in total. The topological polar surface area (TPSA) is 118 Å². The van der Waals surface area contributed by atoms with E-state index in [1.807, 2.05) is 6.92 Å². The molecule has 0 heterocycles. The molecular weight excluding hydrogens is 543 g/mol. The van der Waals surface area contributed by atoms with Gasteiger partial charge in [0.2, 0.25) is 0 Å². The van der Waals surface area contributed by atoms with Crippen molar-refractivity contribution in [1.82, 2.24) is 5.43 Å². The van der Waals surface area contributed by atoms with Gasteiger partial charge in [-0.05, 0) is 60.5 Å². The Morgan fingerprint density at radius 1 is 0.919 bits per heavy atom. The monoisotopic (exact) mass is 562 g/mol. The lowest BCUT2D eigenvalue weighted by Crippen LogP contribution is -2.32. The largest absolute Gasteiger partial charge is 0.493 e. The third-order valence-corrected chi connectivity index (χ3v) is 5.65. The number of amides is 3. The first-order chi connectivity index (χ1) is 17.7. The molecule has 0 aliphatic carbocycles. The fourth-order valence-electron chi connectivity index (χ4n) is 2.93. The van der Waals surface area contributed by atoms with Crippen molar-refractivity contribution in [3.63, 3.8) is 0 Å². The molecule has 0 saturated carbocycles. The molecule has 0 radical (unpaired) electrons. The van der Waals surface area contributed by atoms with Gasteiger partial charge in [0.25, 0.3) is 5.91 Å². The zero-order valence-corrected chi connectivity index (χ0v) is 21.9. The van der Waals surface area contributed by atoms with Crippen molar-refractivity contribution < 1.29 is 23.9 Å². The molecule has 192 valence electrons. The fraction of sp³-hybridized carbons (Fsp3) is 0.120. The summed E-state index contributed by atoms with van der Waals surface area (Å²) in [4.78, 5) is 36.3. The van der Waals surface area contributed by atoms with Crippen LogP contribution in [-0.2, 0) is 14.4 Å². The number of nitrogens with one attached hydrogen (secondary N) is 3. The van der Waals surface area contributed by atoms with Crippen molar-refractivity contribution in [1.29, 1.82) is 0 Å². The summed E-state index contributed by atoms with van der Waals surface area (Å²) < 4.78 is 10.9. The lowest BCUT2D eigenvalue weighted by Gasteiger charge is -2.13. The van der Waals surface area contributed by atoms with E-state index in [1.54, 1.807) is 36.4 Å². The first-order valence-electron chi connectivity index (χ1n) is 10.6. The molecule has 12 heteroatoms. The summed E-state index contributed by atoms with van der Waals surface area (Å²) in [5, 5.41) is 9.92. The van der Waals surface area contributed by atoms with Gasteiger partial charge >= 0.3 is 11.8 Å². The van der Waals surface area contributed by atoms with Gasteiger partial charge in [-0.1, -0.05) is 46.9 Å². The highest BCUT2D eigenvalue weighted by molar-refractivity contribution is 6.40. The quantitative estimate of drug-likeness (QED) is 0.201. The molecule has 0 aliphatic rings. The van der Waals surface area contributed by atoms with Crippen LogP contribution < -0.4 is 25.5 Å². The summed E-state index contributed by atoms with van der Waals surface area (Å²) in [5.41, 5.74) is 4.32. The van der Waals surface area contributed by atoms with Gasteiger partial charge in [-0.3, -0.25) is 14.4 Å². The Hall–Kier alpha value is -3.79. The third kappa shape index (κ3) is 8.11. The summed E-state index contributed by atoms with van der Waals surface area (Å²) >= 11 is 18.2. The molecule has 0 spiro atoms. The number of benzene rings is 3. The number of rotatable bonds is 8. The summed E-state index contributed by atoms with van der Waals surface area (Å²) in [6.45, 7) is 1.51. The van der Waals surface area contributed by atoms with E-state index in [-0.39, 0.29) is 23.1 Å². The van der Waals surface area contributed by atoms with Crippen LogP contribution in [0.3, 0.4) is 0 Å². The van der Waals surface area contributed by atoms with Crippen LogP contribution in [0.4, 0.5) is 11.4 Å². The molecule has 0 aromatic heterocycles. The van der Waals surface area contributed by atoms with E-state index in [0.717, 1.165) is 5.56 Å². The van der Waals surface area contributed by atoms with E-state index in [0.29, 0.717) is 27.0 Å². The van der Waals surface area contributed by atoms with E-state index in [2.05, 4.69) is 21.2 Å². The van der Waals surface area contributed by atoms with Gasteiger partial charge in [0, 0.05) is 21.4 Å². The summed E-state index contributed by atoms with van der Waals surface area (Å²) in [6.07, 6.45) is 1.26. The van der Waals surface area contributed by atoms with Crippen LogP contribution in [0.15, 0.2) is 59.7 Å². The maximum atomic E-state index is 12.3. The molecule has 0 saturated heterocycles. The van der Waals surface area contributed by atoms with Crippen LogP contribution in [0.2, 0.25) is 15.1 Å². The molecule has 0 atom stereocenters. The number of ether oxygens (including phenoxy) is 2. The van der Waals surface area contributed by atoms with Gasteiger partial charge in [0.15, 0.2) is 18.1 Å². The number of hydrogen-bond acceptors (Lipinski definition) is 6. The van der Waals surface area contributed by atoms with Gasteiger partial charge in [0.1, 0.15) is 0 Å². The molecule has 0 fully saturated rings. The number of halogens is 3. The zero-order valence-electron chi connectivity index (χ0n) is 19.6. The molecule has 37 heavy (non-hydrogen) atoms. The average molecular weight is 564 g/mol. The van der Waals surface area contributed by atoms with E-state index in [9.17, 15) is 14.4 Å². The highest BCUT2D eigenvalue weighted by atomic mass is 35.5. The molecule has 0 unspecified atom stereocenters. The second-order valence-corrected chi connectivity index (χ2v) is 8.75. The Morgan fingerprint density at radius 2 is 1.68 bits per heavy atom. The fourth-order valence-corrected chi connectivity index (χ4v) is 3.57. The van der Waals surface area contributed by atoms with Gasteiger partial charge in [0.05, 0.1) is 18.3 Å². The number of nitrogens with zero attached hydrogens (tertiary/aromatic N) is 1. The lowest BCUT2D eigenvalue weighted by atomic mass is 10.2. The number of carbonyl (C=O) groups excluding carboxylic acids is 3. The van der Waals surface area contributed by atoms with Crippen molar-refractivity contribution in [2.45, 2.75) is 6.92 Å². The second kappa shape index (κ2) is 13.0. The molecule has 3 rings (SSSR count). The van der Waals surface area contributed by atoms with Gasteiger partial charge in [-0.25, -0.2) is 5.43 Å². The van der Waals surface area contributed by atoms with Gasteiger partial charge in [-0.2, -0.15) is 5.10 Å². The van der Waals surface area contributed by atoms with Crippen molar-refractivity contribution in [3.05, 3.63) is 80.8 Å². The maximum Gasteiger partial charge on any atom is 0.329 e. The first kappa shape index (κ1) is 27.8. The van der Waals surface area contributed by atoms with Crippen molar-refractivity contribution >= 4 is 70.1 Å². The van der Waals surface area contributed by atoms with E-state index >= 15 is 0 Å². The van der Waals surface area contributed by atoms with Gasteiger partial charge in [-0.15, -0.1) is 0 Å². The molecule has 3 aromatic rings. The average Bonchev–Trinajstić information content (AvgIpc) is 2.85. The van der Waals surface area contributed by atoms with Crippen LogP contribution in [-0.4, -0.2) is 37.7 Å². The minimum atomic E-state index is -0.991. The summed E-state index contributed by atoms with van der Waals surface area (Å²) in [5.74, 6) is -1.98. The van der Waals surface area contributed by atoms with E-state index in [4.69, 9.17) is 44.3 Å². The smallest absolute Gasteiger partial charge is 0.329 e. The third-order valence-electron chi connectivity index (χ3n) is 4.72. The van der Waals surface area contributed by atoms with Gasteiger partial charge < -0.3 is 20.1 Å². The number of anilines is 2. The zero-order chi connectivity index (χ0) is 26.9. The minimum Gasteiger partial charge on any atom is -0.493 e. The van der Waals surface area contributed by atoms with Crippen LogP contribution in [0.1, 0.15) is 11.1 Å². The minimum absolute atomic E-state index is 0.136. The standard InChI is InChI=1S/C25H21Cl3N4O5/c1-14-6-7-18(11-19(14)27)30-22(33)13-37-23-20(28)8-15(9-21(23)36-2)12-29-32-25(35)24(34)31-17-5-3-4-16(26)10-17/h3-12H,13H2,1-2H3,(H,30,33)(H,31,34)(H,32,35)/b29-12-. The molecule has 0 bridgehead atoms. The predicted molar refractivity (Wildman–Crippen MR) is 144 cm³/mol. The Labute approximate surface area is 227 Å². The number of aryl methyl sites for hydroxylation is 1. The predicted octanol–water partition coefficient (Wildman–Crippen LogP) is 5.07. The normalized spacial score (nSPS) is 10.6. The Kier molecular flexibility index (Phi) is 9.73. The lowest BCUT2D eigenvalue weighted by molar-refractivity contribution is -0.136. The SMILES string of the molecule is COc1cc(/C=N\NC(=O)C(=O)Nc2cccc(Cl)c2)cc(Cl)c1OCC(=O)Nc1ccc(C)c(Cl)c1. The van der Waals surface area contributed by atoms with Crippen LogP contribution in [0, 0.1) is 6.92 Å². The summed E-state index contributed by atoms with van der Waals surface area (Å²) in [6, 6.07) is 14.5. The van der Waals surface area contributed by atoms with Crippen LogP contribution in [0.25, 0.3) is 0 Å². The van der Waals surface area contributed by atoms with E-state index in [1.165, 1.54) is 31.5 Å². The number of methoxy groups -OCH3 is 1. The van der Waals surface area contributed by atoms with Crippen LogP contribution in [0.5, 0.6) is 11.5 Å². The molecular formula is C25H21Cl3N4O5. The molecule has 3 aromatic carbocycles. The number of carbonyl (C=O) groups is 3. The second-order valence-electron chi connectivity index (χ2n) is 7.50. The van der Waals surface area contributed by atoms with Crippen LogP contribution >= 0.6 is 34.8 Å². The maximum absolute atomic E-state index is 12.3. The molecule has 9 nitrogen and oxygen atoms in total. The highest BCUT2D eigenvalue weighted by Gasteiger charge is 2.15. The van der Waals surface area contributed by atoms with E-state index < -0.39 is 17.7 Å².